The minimum Gasteiger partial charge on any atom is -0.379 e. The van der Waals surface area contributed by atoms with Gasteiger partial charge in [0.05, 0.1) is 36.0 Å². The zero-order valence-electron chi connectivity index (χ0n) is 11.6. The van der Waals surface area contributed by atoms with Crippen LogP contribution in [0.5, 0.6) is 0 Å². The van der Waals surface area contributed by atoms with Gasteiger partial charge in [-0.15, -0.1) is 0 Å². The minimum atomic E-state index is 0.163. The van der Waals surface area contributed by atoms with Crippen molar-refractivity contribution in [2.45, 2.75) is 12.0 Å². The minimum absolute atomic E-state index is 0.163. The first kappa shape index (κ1) is 13.0. The quantitative estimate of drug-likeness (QED) is 0.761. The fourth-order valence-corrected chi connectivity index (χ4v) is 3.60. The standard InChI is InChI=1S/C16H17N3OS/c1-2-14-15(19-11-18-14)5-12(1)6-17-8-16(9-20-10-16)13-3-4-21-7-13/h1-5,7,11,17H,6,8-10H2,(H,18,19). The Morgan fingerprint density at radius 3 is 3.05 bits per heavy atom. The van der Waals surface area contributed by atoms with Gasteiger partial charge in [-0.25, -0.2) is 4.98 Å². The number of rotatable bonds is 5. The molecule has 5 heteroatoms. The largest absolute Gasteiger partial charge is 0.379 e. The van der Waals surface area contributed by atoms with Crippen molar-refractivity contribution in [2.24, 2.45) is 0 Å². The fourth-order valence-electron chi connectivity index (χ4n) is 2.82. The number of benzene rings is 1. The first-order valence-electron chi connectivity index (χ1n) is 7.09. The van der Waals surface area contributed by atoms with E-state index in [0.717, 1.165) is 37.3 Å². The summed E-state index contributed by atoms with van der Waals surface area (Å²) in [6.07, 6.45) is 1.74. The first-order valence-corrected chi connectivity index (χ1v) is 8.03. The molecule has 0 amide bonds. The van der Waals surface area contributed by atoms with Gasteiger partial charge in [-0.3, -0.25) is 0 Å². The number of hydrogen-bond donors (Lipinski definition) is 2. The molecular weight excluding hydrogens is 282 g/mol. The third kappa shape index (κ3) is 2.37. The van der Waals surface area contributed by atoms with Crippen molar-refractivity contribution in [1.82, 2.24) is 15.3 Å². The maximum absolute atomic E-state index is 5.46. The predicted octanol–water partition coefficient (Wildman–Crippen LogP) is 2.68. The zero-order valence-corrected chi connectivity index (χ0v) is 12.5. The second-order valence-corrected chi connectivity index (χ2v) is 6.42. The maximum atomic E-state index is 5.46. The average Bonchev–Trinajstić information content (AvgIpc) is 3.12. The Kier molecular flexibility index (Phi) is 3.25. The summed E-state index contributed by atoms with van der Waals surface area (Å²) in [5.74, 6) is 0. The summed E-state index contributed by atoms with van der Waals surface area (Å²) in [6, 6.07) is 8.57. The third-order valence-electron chi connectivity index (χ3n) is 4.17. The number of nitrogens with zero attached hydrogens (tertiary/aromatic N) is 1. The van der Waals surface area contributed by atoms with Gasteiger partial charge < -0.3 is 15.0 Å². The van der Waals surface area contributed by atoms with E-state index < -0.39 is 0 Å². The van der Waals surface area contributed by atoms with E-state index in [9.17, 15) is 0 Å². The Morgan fingerprint density at radius 2 is 2.29 bits per heavy atom. The molecule has 2 N–H and O–H groups in total. The van der Waals surface area contributed by atoms with Crippen LogP contribution < -0.4 is 5.32 Å². The van der Waals surface area contributed by atoms with Crippen LogP contribution in [0.25, 0.3) is 11.0 Å². The number of hydrogen-bond acceptors (Lipinski definition) is 4. The summed E-state index contributed by atoms with van der Waals surface area (Å²) < 4.78 is 5.46. The Hall–Kier alpha value is -1.69. The molecule has 0 bridgehead atoms. The predicted molar refractivity (Wildman–Crippen MR) is 84.6 cm³/mol. The van der Waals surface area contributed by atoms with Gasteiger partial charge in [0.1, 0.15) is 0 Å². The van der Waals surface area contributed by atoms with Crippen molar-refractivity contribution in [2.75, 3.05) is 19.8 Å². The normalized spacial score (nSPS) is 17.0. The molecule has 1 saturated heterocycles. The van der Waals surface area contributed by atoms with Crippen molar-refractivity contribution in [3.05, 3.63) is 52.5 Å². The number of fused-ring (bicyclic) bond motifs is 1. The molecule has 0 atom stereocenters. The van der Waals surface area contributed by atoms with E-state index in [0.29, 0.717) is 0 Å². The van der Waals surface area contributed by atoms with Gasteiger partial charge in [0, 0.05) is 13.1 Å². The van der Waals surface area contributed by atoms with Gasteiger partial charge in [0.2, 0.25) is 0 Å². The monoisotopic (exact) mass is 299 g/mol. The lowest BCUT2D eigenvalue weighted by Gasteiger charge is -2.41. The summed E-state index contributed by atoms with van der Waals surface area (Å²) in [5, 5.41) is 7.95. The molecule has 1 aromatic carbocycles. The van der Waals surface area contributed by atoms with E-state index in [2.05, 4.69) is 50.3 Å². The molecule has 3 heterocycles. The Morgan fingerprint density at radius 1 is 1.33 bits per heavy atom. The smallest absolute Gasteiger partial charge is 0.0931 e. The lowest BCUT2D eigenvalue weighted by atomic mass is 9.80. The maximum Gasteiger partial charge on any atom is 0.0931 e. The molecule has 0 radical (unpaired) electrons. The van der Waals surface area contributed by atoms with Crippen LogP contribution in [-0.4, -0.2) is 29.7 Å². The molecule has 0 aliphatic carbocycles. The lowest BCUT2D eigenvalue weighted by Crippen LogP contribution is -2.53. The molecule has 1 aliphatic heterocycles. The van der Waals surface area contributed by atoms with Crippen LogP contribution in [0.2, 0.25) is 0 Å². The molecule has 108 valence electrons. The summed E-state index contributed by atoms with van der Waals surface area (Å²) in [5.41, 5.74) is 4.93. The zero-order chi connectivity index (χ0) is 14.1. The van der Waals surface area contributed by atoms with Gasteiger partial charge in [0.25, 0.3) is 0 Å². The van der Waals surface area contributed by atoms with Crippen LogP contribution >= 0.6 is 11.3 Å². The number of ether oxygens (including phenoxy) is 1. The van der Waals surface area contributed by atoms with Gasteiger partial charge in [-0.1, -0.05) is 6.07 Å². The molecule has 4 rings (SSSR count). The van der Waals surface area contributed by atoms with Crippen molar-refractivity contribution in [3.63, 3.8) is 0 Å². The number of imidazole rings is 1. The lowest BCUT2D eigenvalue weighted by molar-refractivity contribution is -0.0589. The van der Waals surface area contributed by atoms with Crippen LogP contribution in [0.3, 0.4) is 0 Å². The second-order valence-electron chi connectivity index (χ2n) is 5.64. The summed E-state index contributed by atoms with van der Waals surface area (Å²) in [4.78, 5) is 7.42. The Bertz CT molecular complexity index is 731. The highest BCUT2D eigenvalue weighted by Gasteiger charge is 2.40. The Labute approximate surface area is 127 Å². The fraction of sp³-hybridized carbons (Fsp3) is 0.312. The molecule has 2 aromatic heterocycles. The van der Waals surface area contributed by atoms with Crippen LogP contribution in [-0.2, 0) is 16.7 Å². The van der Waals surface area contributed by atoms with E-state index in [-0.39, 0.29) is 5.41 Å². The molecule has 3 aromatic rings. The highest BCUT2D eigenvalue weighted by molar-refractivity contribution is 7.08. The van der Waals surface area contributed by atoms with Crippen LogP contribution in [0.15, 0.2) is 41.4 Å². The first-order chi connectivity index (χ1) is 10.4. The van der Waals surface area contributed by atoms with Crippen molar-refractivity contribution < 1.29 is 4.74 Å². The van der Waals surface area contributed by atoms with Gasteiger partial charge in [-0.05, 0) is 40.1 Å². The molecule has 0 unspecified atom stereocenters. The second kappa shape index (κ2) is 5.26. The molecule has 4 nitrogen and oxygen atoms in total. The molecule has 0 spiro atoms. The number of aromatic nitrogens is 2. The third-order valence-corrected chi connectivity index (χ3v) is 4.85. The van der Waals surface area contributed by atoms with E-state index in [4.69, 9.17) is 4.74 Å². The van der Waals surface area contributed by atoms with E-state index in [1.165, 1.54) is 11.1 Å². The van der Waals surface area contributed by atoms with Gasteiger partial charge >= 0.3 is 0 Å². The van der Waals surface area contributed by atoms with Crippen molar-refractivity contribution >= 4 is 22.4 Å². The molecular formula is C16H17N3OS. The van der Waals surface area contributed by atoms with Crippen molar-refractivity contribution in [1.29, 1.82) is 0 Å². The van der Waals surface area contributed by atoms with Gasteiger partial charge in [0.15, 0.2) is 0 Å². The number of nitrogens with one attached hydrogen (secondary N) is 2. The summed E-state index contributed by atoms with van der Waals surface area (Å²) in [7, 11) is 0. The SMILES string of the molecule is c1nc2cc(CNCC3(c4ccsc4)COC3)ccc2[nH]1. The average molecular weight is 299 g/mol. The van der Waals surface area contributed by atoms with Gasteiger partial charge in [-0.2, -0.15) is 11.3 Å². The molecule has 21 heavy (non-hydrogen) atoms. The van der Waals surface area contributed by atoms with E-state index in [1.54, 1.807) is 17.7 Å². The number of thiophene rings is 1. The molecule has 1 aliphatic rings. The Balaban J connectivity index is 1.42. The van der Waals surface area contributed by atoms with Crippen LogP contribution in [0.4, 0.5) is 0 Å². The highest BCUT2D eigenvalue weighted by atomic mass is 32.1. The van der Waals surface area contributed by atoms with E-state index in [1.807, 2.05) is 0 Å². The number of H-pyrrole nitrogens is 1. The summed E-state index contributed by atoms with van der Waals surface area (Å²) >= 11 is 1.75. The highest BCUT2D eigenvalue weighted by Crippen LogP contribution is 2.33. The number of aromatic amines is 1. The topological polar surface area (TPSA) is 49.9 Å². The van der Waals surface area contributed by atoms with Crippen LogP contribution in [0.1, 0.15) is 11.1 Å². The van der Waals surface area contributed by atoms with E-state index >= 15 is 0 Å². The summed E-state index contributed by atoms with van der Waals surface area (Å²) in [6.45, 7) is 3.43. The molecule has 1 fully saturated rings. The van der Waals surface area contributed by atoms with Crippen molar-refractivity contribution in [3.8, 4) is 0 Å². The molecule has 0 saturated carbocycles. The van der Waals surface area contributed by atoms with Crippen LogP contribution in [0, 0.1) is 0 Å².